The summed E-state index contributed by atoms with van der Waals surface area (Å²) in [6, 6.07) is 12.1. The van der Waals surface area contributed by atoms with E-state index in [1.54, 1.807) is 0 Å². The van der Waals surface area contributed by atoms with Crippen LogP contribution in [0.15, 0.2) is 48.5 Å². The van der Waals surface area contributed by atoms with Crippen molar-refractivity contribution in [2.75, 3.05) is 5.32 Å². The summed E-state index contributed by atoms with van der Waals surface area (Å²) in [6.07, 6.45) is -4.61. The Bertz CT molecular complexity index is 845. The average molecular weight is 378 g/mol. The molecule has 0 aromatic heterocycles. The molecule has 4 nitrogen and oxygen atoms in total. The van der Waals surface area contributed by atoms with Gasteiger partial charge in [0, 0.05) is 6.54 Å². The van der Waals surface area contributed by atoms with Gasteiger partial charge in [-0.1, -0.05) is 36.4 Å². The number of benzene rings is 2. The molecule has 0 aliphatic carbocycles. The van der Waals surface area contributed by atoms with Crippen molar-refractivity contribution >= 4 is 17.5 Å². The van der Waals surface area contributed by atoms with Gasteiger partial charge in [0.25, 0.3) is 0 Å². The molecule has 2 rings (SSSR count). The molecule has 0 radical (unpaired) electrons. The van der Waals surface area contributed by atoms with Crippen LogP contribution >= 0.6 is 0 Å². The fourth-order valence-corrected chi connectivity index (χ4v) is 2.43. The molecule has 0 saturated carbocycles. The maximum atomic E-state index is 13.1. The first-order valence-electron chi connectivity index (χ1n) is 8.34. The summed E-state index contributed by atoms with van der Waals surface area (Å²) in [5.41, 5.74) is -1.02. The molecule has 7 heteroatoms. The van der Waals surface area contributed by atoms with Crippen molar-refractivity contribution in [2.24, 2.45) is 5.41 Å². The molecule has 2 aromatic rings. The Morgan fingerprint density at radius 2 is 1.52 bits per heavy atom. The molecule has 0 saturated heterocycles. The van der Waals surface area contributed by atoms with E-state index in [1.165, 1.54) is 26.0 Å². The van der Waals surface area contributed by atoms with Gasteiger partial charge >= 0.3 is 6.18 Å². The minimum atomic E-state index is -4.61. The molecule has 144 valence electrons. The van der Waals surface area contributed by atoms with Gasteiger partial charge in [-0.2, -0.15) is 13.2 Å². The van der Waals surface area contributed by atoms with Gasteiger partial charge in [0.1, 0.15) is 5.41 Å². The number of halogens is 3. The molecule has 0 unspecified atom stereocenters. The number of aryl methyl sites for hydroxylation is 1. The Labute approximate surface area is 155 Å². The van der Waals surface area contributed by atoms with Crippen molar-refractivity contribution in [3.63, 3.8) is 0 Å². The highest BCUT2D eigenvalue weighted by Gasteiger charge is 2.38. The van der Waals surface area contributed by atoms with E-state index in [2.05, 4.69) is 10.6 Å². The average Bonchev–Trinajstić information content (AvgIpc) is 2.60. The maximum Gasteiger partial charge on any atom is 0.418 e. The summed E-state index contributed by atoms with van der Waals surface area (Å²) in [5.74, 6) is -1.39. The second kappa shape index (κ2) is 7.82. The second-order valence-electron chi connectivity index (χ2n) is 6.73. The molecule has 0 heterocycles. The molecule has 0 bridgehead atoms. The fourth-order valence-electron chi connectivity index (χ4n) is 2.43. The molecule has 2 N–H and O–H groups in total. The van der Waals surface area contributed by atoms with Crippen LogP contribution in [-0.2, 0) is 22.3 Å². The van der Waals surface area contributed by atoms with E-state index in [0.717, 1.165) is 23.3 Å². The topological polar surface area (TPSA) is 58.2 Å². The monoisotopic (exact) mass is 378 g/mol. The Kier molecular flexibility index (Phi) is 5.93. The van der Waals surface area contributed by atoms with Crippen LogP contribution < -0.4 is 10.6 Å². The molecule has 0 fully saturated rings. The summed E-state index contributed by atoms with van der Waals surface area (Å²) in [7, 11) is 0. The number of rotatable bonds is 5. The Morgan fingerprint density at radius 3 is 2.15 bits per heavy atom. The van der Waals surface area contributed by atoms with Gasteiger partial charge in [-0.15, -0.1) is 0 Å². The quantitative estimate of drug-likeness (QED) is 0.763. The van der Waals surface area contributed by atoms with E-state index >= 15 is 0 Å². The number of anilines is 1. The number of para-hydroxylation sites is 1. The zero-order valence-electron chi connectivity index (χ0n) is 15.3. The number of carbonyl (C=O) groups excluding carboxylic acids is 2. The number of alkyl halides is 3. The summed E-state index contributed by atoms with van der Waals surface area (Å²) in [5, 5.41) is 4.90. The molecule has 0 aliphatic heterocycles. The largest absolute Gasteiger partial charge is 0.418 e. The molecular weight excluding hydrogens is 357 g/mol. The third kappa shape index (κ3) is 4.87. The zero-order chi connectivity index (χ0) is 20.2. The molecular formula is C20H21F3N2O2. The number of carbonyl (C=O) groups is 2. The van der Waals surface area contributed by atoms with Crippen LogP contribution in [0.2, 0.25) is 0 Å². The summed E-state index contributed by atoms with van der Waals surface area (Å²) in [6.45, 7) is 4.85. The summed E-state index contributed by atoms with van der Waals surface area (Å²) < 4.78 is 39.2. The minimum Gasteiger partial charge on any atom is -0.351 e. The van der Waals surface area contributed by atoms with Crippen molar-refractivity contribution in [3.8, 4) is 0 Å². The van der Waals surface area contributed by atoms with Gasteiger partial charge in [0.2, 0.25) is 11.8 Å². The Balaban J connectivity index is 2.11. The molecule has 0 atom stereocenters. The lowest BCUT2D eigenvalue weighted by Gasteiger charge is -2.24. The standard InChI is InChI=1S/C20H21F3N2O2/c1-13-8-4-5-9-14(13)12-24-17(26)19(2,3)18(27)25-16-11-7-6-10-15(16)20(21,22)23/h4-11H,12H2,1-3H3,(H,24,26)(H,25,27). The highest BCUT2D eigenvalue weighted by molar-refractivity contribution is 6.10. The van der Waals surface area contributed by atoms with Gasteiger partial charge in [-0.25, -0.2) is 0 Å². The Morgan fingerprint density at radius 1 is 0.926 bits per heavy atom. The first-order chi connectivity index (χ1) is 12.5. The van der Waals surface area contributed by atoms with E-state index < -0.39 is 29.0 Å². The van der Waals surface area contributed by atoms with Crippen molar-refractivity contribution < 1.29 is 22.8 Å². The van der Waals surface area contributed by atoms with Crippen molar-refractivity contribution in [1.29, 1.82) is 0 Å². The van der Waals surface area contributed by atoms with Gasteiger partial charge in [0.15, 0.2) is 0 Å². The SMILES string of the molecule is Cc1ccccc1CNC(=O)C(C)(C)C(=O)Nc1ccccc1C(F)(F)F. The normalized spacial score (nSPS) is 11.8. The first-order valence-corrected chi connectivity index (χ1v) is 8.34. The van der Waals surface area contributed by atoms with E-state index in [9.17, 15) is 22.8 Å². The molecule has 27 heavy (non-hydrogen) atoms. The molecule has 2 amide bonds. The van der Waals surface area contributed by atoms with Gasteiger partial charge < -0.3 is 10.6 Å². The predicted octanol–water partition coefficient (Wildman–Crippen LogP) is 4.29. The number of amides is 2. The van der Waals surface area contributed by atoms with Gasteiger partial charge in [0.05, 0.1) is 11.3 Å². The van der Waals surface area contributed by atoms with Crippen LogP contribution in [0.3, 0.4) is 0 Å². The van der Waals surface area contributed by atoms with Crippen molar-refractivity contribution in [2.45, 2.75) is 33.5 Å². The van der Waals surface area contributed by atoms with Crippen LogP contribution in [-0.4, -0.2) is 11.8 Å². The van der Waals surface area contributed by atoms with Crippen LogP contribution in [0.5, 0.6) is 0 Å². The zero-order valence-corrected chi connectivity index (χ0v) is 15.3. The third-order valence-corrected chi connectivity index (χ3v) is 4.32. The lowest BCUT2D eigenvalue weighted by molar-refractivity contribution is -0.138. The minimum absolute atomic E-state index is 0.224. The fraction of sp³-hybridized carbons (Fsp3) is 0.300. The highest BCUT2D eigenvalue weighted by Crippen LogP contribution is 2.35. The van der Waals surface area contributed by atoms with Crippen LogP contribution in [0.25, 0.3) is 0 Å². The third-order valence-electron chi connectivity index (χ3n) is 4.32. The highest BCUT2D eigenvalue weighted by atomic mass is 19.4. The summed E-state index contributed by atoms with van der Waals surface area (Å²) in [4.78, 5) is 25.0. The maximum absolute atomic E-state index is 13.1. The van der Waals surface area contributed by atoms with Crippen LogP contribution in [0.1, 0.15) is 30.5 Å². The predicted molar refractivity (Wildman–Crippen MR) is 96.9 cm³/mol. The molecule has 0 aliphatic rings. The van der Waals surface area contributed by atoms with Gasteiger partial charge in [-0.05, 0) is 44.0 Å². The molecule has 2 aromatic carbocycles. The lowest BCUT2D eigenvalue weighted by Crippen LogP contribution is -2.45. The van der Waals surface area contributed by atoms with E-state index in [1.807, 2.05) is 31.2 Å². The smallest absolute Gasteiger partial charge is 0.351 e. The first kappa shape index (κ1) is 20.5. The van der Waals surface area contributed by atoms with Crippen molar-refractivity contribution in [1.82, 2.24) is 5.32 Å². The van der Waals surface area contributed by atoms with E-state index in [-0.39, 0.29) is 12.2 Å². The number of hydrogen-bond donors (Lipinski definition) is 2. The molecule has 0 spiro atoms. The Hall–Kier alpha value is -2.83. The number of hydrogen-bond acceptors (Lipinski definition) is 2. The summed E-state index contributed by atoms with van der Waals surface area (Å²) >= 11 is 0. The van der Waals surface area contributed by atoms with Crippen molar-refractivity contribution in [3.05, 3.63) is 65.2 Å². The van der Waals surface area contributed by atoms with Gasteiger partial charge in [-0.3, -0.25) is 9.59 Å². The van der Waals surface area contributed by atoms with Crippen LogP contribution in [0, 0.1) is 12.3 Å². The number of nitrogens with one attached hydrogen (secondary N) is 2. The van der Waals surface area contributed by atoms with Crippen LogP contribution in [0.4, 0.5) is 18.9 Å². The van der Waals surface area contributed by atoms with E-state index in [4.69, 9.17) is 0 Å². The van der Waals surface area contributed by atoms with E-state index in [0.29, 0.717) is 0 Å². The lowest BCUT2D eigenvalue weighted by atomic mass is 9.90. The second-order valence-corrected chi connectivity index (χ2v) is 6.73.